The third kappa shape index (κ3) is 4.26. The number of rotatable bonds is 5. The lowest BCUT2D eigenvalue weighted by molar-refractivity contribution is 0.284. The number of aryl methyl sites for hydroxylation is 1. The van der Waals surface area contributed by atoms with Crippen LogP contribution in [0, 0.1) is 6.92 Å². The first-order chi connectivity index (χ1) is 8.12. The molecule has 0 saturated heterocycles. The maximum absolute atomic E-state index is 11.8. The molecule has 102 valence electrons. The highest BCUT2D eigenvalue weighted by Crippen LogP contribution is 2.18. The molecule has 3 N–H and O–H groups in total. The van der Waals surface area contributed by atoms with Gasteiger partial charge in [0.25, 0.3) is 0 Å². The average Bonchev–Trinajstić information content (AvgIpc) is 2.19. The number of hydrogen-bond donors (Lipinski definition) is 2. The number of hydrogen-bond acceptors (Lipinski definition) is 6. The van der Waals surface area contributed by atoms with Crippen LogP contribution in [-0.4, -0.2) is 33.7 Å². The fourth-order valence-corrected chi connectivity index (χ4v) is 2.78. The Morgan fingerprint density at radius 1 is 1.28 bits per heavy atom. The van der Waals surface area contributed by atoms with Gasteiger partial charge in [-0.25, -0.2) is 12.6 Å². The third-order valence-electron chi connectivity index (χ3n) is 2.18. The van der Waals surface area contributed by atoms with Crippen molar-refractivity contribution < 1.29 is 25.6 Å². The van der Waals surface area contributed by atoms with Crippen LogP contribution in [0.4, 0.5) is 5.69 Å². The van der Waals surface area contributed by atoms with Gasteiger partial charge in [-0.3, -0.25) is 4.55 Å². The fourth-order valence-electron chi connectivity index (χ4n) is 1.21. The second-order valence-electron chi connectivity index (χ2n) is 3.59. The summed E-state index contributed by atoms with van der Waals surface area (Å²) in [7, 11) is -8.31. The Hall–Kier alpha value is -1.16. The number of nitrogen functional groups attached to an aromatic ring is 1. The second-order valence-corrected chi connectivity index (χ2v) is 6.79. The molecule has 7 nitrogen and oxygen atoms in total. The van der Waals surface area contributed by atoms with Crippen LogP contribution in [0.1, 0.15) is 5.56 Å². The van der Waals surface area contributed by atoms with E-state index in [1.54, 1.807) is 6.92 Å². The summed E-state index contributed by atoms with van der Waals surface area (Å²) in [5.41, 5.74) is 6.62. The Balaban J connectivity index is 2.84. The van der Waals surface area contributed by atoms with Crippen molar-refractivity contribution in [1.29, 1.82) is 0 Å². The van der Waals surface area contributed by atoms with Crippen LogP contribution in [0.25, 0.3) is 0 Å². The summed E-state index contributed by atoms with van der Waals surface area (Å²) in [5, 5.41) is 0. The summed E-state index contributed by atoms with van der Waals surface area (Å²) in [6.07, 6.45) is 0. The Morgan fingerprint density at radius 3 is 2.39 bits per heavy atom. The molecule has 1 rings (SSSR count). The standard InChI is InChI=1S/C9H13NO6S2/c1-7-6-8(2-3-9(7)10)17(11,12)5-4-16-18(13,14)15/h2-3,6H,4-5,10H2,1H3,(H,13,14,15). The van der Waals surface area contributed by atoms with E-state index in [1.165, 1.54) is 18.2 Å². The fraction of sp³-hybridized carbons (Fsp3) is 0.333. The highest BCUT2D eigenvalue weighted by atomic mass is 32.3. The number of anilines is 1. The van der Waals surface area contributed by atoms with Crippen molar-refractivity contribution in [2.24, 2.45) is 0 Å². The minimum absolute atomic E-state index is 0.0214. The van der Waals surface area contributed by atoms with Crippen LogP contribution in [0.15, 0.2) is 23.1 Å². The molecule has 0 aliphatic rings. The Labute approximate surface area is 105 Å². The van der Waals surface area contributed by atoms with E-state index in [4.69, 9.17) is 10.3 Å². The van der Waals surface area contributed by atoms with E-state index in [1.807, 2.05) is 0 Å². The first-order valence-electron chi connectivity index (χ1n) is 4.82. The first kappa shape index (κ1) is 14.9. The first-order valence-corrected chi connectivity index (χ1v) is 7.84. The van der Waals surface area contributed by atoms with Crippen LogP contribution in [0.2, 0.25) is 0 Å². The lowest BCUT2D eigenvalue weighted by atomic mass is 10.2. The molecule has 0 aliphatic heterocycles. The van der Waals surface area contributed by atoms with Gasteiger partial charge >= 0.3 is 10.4 Å². The van der Waals surface area contributed by atoms with Crippen molar-refractivity contribution in [2.75, 3.05) is 18.1 Å². The van der Waals surface area contributed by atoms with E-state index in [0.29, 0.717) is 11.3 Å². The van der Waals surface area contributed by atoms with Crippen molar-refractivity contribution in [3.8, 4) is 0 Å². The number of nitrogens with two attached hydrogens (primary N) is 1. The van der Waals surface area contributed by atoms with Crippen molar-refractivity contribution in [3.05, 3.63) is 23.8 Å². The van der Waals surface area contributed by atoms with Crippen molar-refractivity contribution in [1.82, 2.24) is 0 Å². The molecule has 0 aliphatic carbocycles. The molecular weight excluding hydrogens is 282 g/mol. The summed E-state index contributed by atoms with van der Waals surface area (Å²) in [6.45, 7) is 1.01. The molecule has 0 spiro atoms. The lowest BCUT2D eigenvalue weighted by Gasteiger charge is -2.06. The second kappa shape index (κ2) is 5.22. The zero-order valence-electron chi connectivity index (χ0n) is 9.53. The van der Waals surface area contributed by atoms with Gasteiger partial charge in [-0.2, -0.15) is 8.42 Å². The normalized spacial score (nSPS) is 12.6. The van der Waals surface area contributed by atoms with Crippen LogP contribution < -0.4 is 5.73 Å². The zero-order chi connectivity index (χ0) is 14.0. The smallest absolute Gasteiger partial charge is 0.397 e. The van der Waals surface area contributed by atoms with E-state index >= 15 is 0 Å². The predicted octanol–water partition coefficient (Wildman–Crippen LogP) is 0.170. The molecule has 0 amide bonds. The van der Waals surface area contributed by atoms with Gasteiger partial charge < -0.3 is 5.73 Å². The maximum Gasteiger partial charge on any atom is 0.397 e. The predicted molar refractivity (Wildman–Crippen MR) is 65.1 cm³/mol. The summed E-state index contributed by atoms with van der Waals surface area (Å²) in [5.74, 6) is -0.559. The molecule has 0 heterocycles. The van der Waals surface area contributed by atoms with Crippen molar-refractivity contribution >= 4 is 25.9 Å². The topological polar surface area (TPSA) is 124 Å². The van der Waals surface area contributed by atoms with Crippen LogP contribution in [0.5, 0.6) is 0 Å². The van der Waals surface area contributed by atoms with Crippen LogP contribution >= 0.6 is 0 Å². The maximum atomic E-state index is 11.8. The summed E-state index contributed by atoms with van der Waals surface area (Å²) in [6, 6.07) is 4.16. The van der Waals surface area contributed by atoms with E-state index in [9.17, 15) is 16.8 Å². The quantitative estimate of drug-likeness (QED) is 0.586. The minimum atomic E-state index is -4.63. The molecule has 0 bridgehead atoms. The van der Waals surface area contributed by atoms with Crippen molar-refractivity contribution in [2.45, 2.75) is 11.8 Å². The largest absolute Gasteiger partial charge is 0.399 e. The molecule has 0 fully saturated rings. The molecular formula is C9H13NO6S2. The van der Waals surface area contributed by atoms with Gasteiger partial charge in [-0.05, 0) is 30.7 Å². The van der Waals surface area contributed by atoms with Crippen molar-refractivity contribution in [3.63, 3.8) is 0 Å². The van der Waals surface area contributed by atoms with E-state index in [-0.39, 0.29) is 4.90 Å². The highest BCUT2D eigenvalue weighted by Gasteiger charge is 2.16. The monoisotopic (exact) mass is 295 g/mol. The van der Waals surface area contributed by atoms with Crippen LogP contribution in [-0.2, 0) is 24.4 Å². The van der Waals surface area contributed by atoms with E-state index in [0.717, 1.165) is 0 Å². The van der Waals surface area contributed by atoms with Gasteiger partial charge in [0, 0.05) is 5.69 Å². The third-order valence-corrected chi connectivity index (χ3v) is 4.33. The van der Waals surface area contributed by atoms with Gasteiger partial charge in [0.05, 0.1) is 17.3 Å². The minimum Gasteiger partial charge on any atom is -0.399 e. The van der Waals surface area contributed by atoms with E-state index < -0.39 is 32.6 Å². The van der Waals surface area contributed by atoms with Gasteiger partial charge in [-0.1, -0.05) is 0 Å². The summed E-state index contributed by atoms with van der Waals surface area (Å²) < 4.78 is 56.4. The van der Waals surface area contributed by atoms with E-state index in [2.05, 4.69) is 4.18 Å². The van der Waals surface area contributed by atoms with Gasteiger partial charge in [0.2, 0.25) is 0 Å². The zero-order valence-corrected chi connectivity index (χ0v) is 11.2. The molecule has 0 saturated carbocycles. The average molecular weight is 295 g/mol. The Kier molecular flexibility index (Phi) is 4.32. The molecule has 18 heavy (non-hydrogen) atoms. The molecule has 1 aromatic carbocycles. The Bertz CT molecular complexity index is 635. The lowest BCUT2D eigenvalue weighted by Crippen LogP contribution is -2.15. The van der Waals surface area contributed by atoms with Gasteiger partial charge in [0.15, 0.2) is 9.84 Å². The molecule has 9 heteroatoms. The highest BCUT2D eigenvalue weighted by molar-refractivity contribution is 7.91. The summed E-state index contributed by atoms with van der Waals surface area (Å²) in [4.78, 5) is 0.0214. The molecule has 0 radical (unpaired) electrons. The Morgan fingerprint density at radius 2 is 1.89 bits per heavy atom. The van der Waals surface area contributed by atoms with Crippen LogP contribution in [0.3, 0.4) is 0 Å². The summed E-state index contributed by atoms with van der Waals surface area (Å²) >= 11 is 0. The molecule has 0 aromatic heterocycles. The molecule has 0 atom stereocenters. The van der Waals surface area contributed by atoms with Gasteiger partial charge in [-0.15, -0.1) is 0 Å². The molecule has 0 unspecified atom stereocenters. The SMILES string of the molecule is Cc1cc(S(=O)(=O)CCOS(=O)(=O)O)ccc1N. The number of benzene rings is 1. The number of sulfone groups is 1. The van der Waals surface area contributed by atoms with Gasteiger partial charge in [0.1, 0.15) is 0 Å². The molecule has 1 aromatic rings.